The van der Waals surface area contributed by atoms with Crippen molar-refractivity contribution in [2.24, 2.45) is 4.99 Å². The summed E-state index contributed by atoms with van der Waals surface area (Å²) in [4.78, 5) is 18.5. The third kappa shape index (κ3) is 3.32. The molecule has 1 aromatic rings. The van der Waals surface area contributed by atoms with Crippen molar-refractivity contribution < 1.29 is 22.4 Å². The number of rotatable bonds is 1. The first-order valence-electron chi connectivity index (χ1n) is 7.01. The van der Waals surface area contributed by atoms with E-state index in [1.54, 1.807) is 19.1 Å². The van der Waals surface area contributed by atoms with Gasteiger partial charge in [0.1, 0.15) is 5.82 Å². The van der Waals surface area contributed by atoms with E-state index in [4.69, 9.17) is 0 Å². The number of aryl methyl sites for hydroxylation is 2. The van der Waals surface area contributed by atoms with Gasteiger partial charge in [-0.3, -0.25) is 9.69 Å². The molecular weight excluding hydrogens is 326 g/mol. The Morgan fingerprint density at radius 1 is 1.17 bits per heavy atom. The van der Waals surface area contributed by atoms with Crippen LogP contribution in [0.1, 0.15) is 11.1 Å². The number of alkyl halides is 2. The average Bonchev–Trinajstić information content (AvgIpc) is 2.53. The molecule has 1 aromatic carbocycles. The minimum atomic E-state index is -1.75. The Hall–Kier alpha value is -2.64. The molecule has 1 amide bonds. The predicted octanol–water partition coefficient (Wildman–Crippen LogP) is 3.67. The maximum absolute atomic E-state index is 14.2. The lowest BCUT2D eigenvalue weighted by atomic mass is 10.1. The van der Waals surface area contributed by atoms with Gasteiger partial charge in [0.25, 0.3) is 5.91 Å². The Labute approximate surface area is 136 Å². The number of benzene rings is 1. The summed E-state index contributed by atoms with van der Waals surface area (Å²) >= 11 is 0. The molecule has 8 heteroatoms. The second-order valence-corrected chi connectivity index (χ2v) is 5.05. The molecule has 0 spiro atoms. The van der Waals surface area contributed by atoms with Crippen LogP contribution < -0.4 is 4.90 Å². The number of carbonyl (C=O) groups excluding carboxylic acids is 1. The van der Waals surface area contributed by atoms with Crippen molar-refractivity contribution in [2.75, 3.05) is 18.4 Å². The van der Waals surface area contributed by atoms with Gasteiger partial charge >= 0.3 is 0 Å². The van der Waals surface area contributed by atoms with Gasteiger partial charge < -0.3 is 0 Å². The molecular formula is C16H15F4N3O. The van der Waals surface area contributed by atoms with Crippen LogP contribution in [0.5, 0.6) is 0 Å². The van der Waals surface area contributed by atoms with Gasteiger partial charge in [-0.1, -0.05) is 0 Å². The van der Waals surface area contributed by atoms with Crippen LogP contribution in [-0.2, 0) is 4.79 Å². The summed E-state index contributed by atoms with van der Waals surface area (Å²) in [5.41, 5.74) is 1.70. The Morgan fingerprint density at radius 3 is 2.46 bits per heavy atom. The van der Waals surface area contributed by atoms with Crippen molar-refractivity contribution in [3.05, 3.63) is 53.4 Å². The van der Waals surface area contributed by atoms with Gasteiger partial charge in [-0.15, -0.1) is 0 Å². The second-order valence-electron chi connectivity index (χ2n) is 5.05. The van der Waals surface area contributed by atoms with Crippen molar-refractivity contribution in [1.82, 2.24) is 4.90 Å². The summed E-state index contributed by atoms with van der Waals surface area (Å²) in [5.74, 6) is -1.81. The van der Waals surface area contributed by atoms with Crippen LogP contribution in [-0.4, -0.2) is 30.2 Å². The molecule has 128 valence electrons. The molecule has 0 aromatic heterocycles. The Balaban J connectivity index is 0.000000647. The van der Waals surface area contributed by atoms with Gasteiger partial charge in [0, 0.05) is 12.7 Å². The lowest BCUT2D eigenvalue weighted by molar-refractivity contribution is -0.113. The van der Waals surface area contributed by atoms with Crippen LogP contribution in [0.4, 0.5) is 23.2 Å². The molecule has 2 heterocycles. The molecule has 0 unspecified atom stereocenters. The van der Waals surface area contributed by atoms with Crippen LogP contribution in [0.2, 0.25) is 0 Å². The van der Waals surface area contributed by atoms with E-state index in [9.17, 15) is 22.4 Å². The first-order chi connectivity index (χ1) is 11.4. The molecule has 24 heavy (non-hydrogen) atoms. The van der Waals surface area contributed by atoms with Crippen molar-refractivity contribution >= 4 is 17.6 Å². The van der Waals surface area contributed by atoms with Crippen molar-refractivity contribution in [1.29, 1.82) is 0 Å². The second kappa shape index (κ2) is 7.29. The number of hydrogen-bond donors (Lipinski definition) is 0. The van der Waals surface area contributed by atoms with E-state index in [-0.39, 0.29) is 18.2 Å². The molecule has 3 rings (SSSR count). The molecule has 4 nitrogen and oxygen atoms in total. The minimum Gasteiger partial charge on any atom is -0.284 e. The zero-order valence-electron chi connectivity index (χ0n) is 13.1. The molecule has 2 aliphatic rings. The van der Waals surface area contributed by atoms with Crippen LogP contribution >= 0.6 is 0 Å². The number of aliphatic imine (C=N–C) groups is 1. The van der Waals surface area contributed by atoms with Crippen LogP contribution in [0.3, 0.4) is 0 Å². The molecule has 2 aliphatic heterocycles. The van der Waals surface area contributed by atoms with E-state index < -0.39 is 24.6 Å². The third-order valence-electron chi connectivity index (χ3n) is 3.55. The highest BCUT2D eigenvalue weighted by atomic mass is 19.3. The van der Waals surface area contributed by atoms with Gasteiger partial charge in [-0.25, -0.2) is 23.1 Å². The summed E-state index contributed by atoms with van der Waals surface area (Å²) in [6, 6.07) is 2.93. The Kier molecular flexibility index (Phi) is 5.38. The molecule has 0 radical (unpaired) electrons. The highest BCUT2D eigenvalue weighted by Crippen LogP contribution is 2.29. The highest BCUT2D eigenvalue weighted by molar-refractivity contribution is 6.22. The number of fused-ring (bicyclic) bond motifs is 1. The standard InChI is InChI=1S/C15H13F2N3O.CH2F2/c1-9-6-11(16)12(7-10(9)2)20-14(21)8-13(17)19-5-3-4-18-15(19)20;2-1-3/h3-4,6-8H,5H2,1-2H3;1H2. The van der Waals surface area contributed by atoms with Gasteiger partial charge in [0.15, 0.2) is 0 Å². The van der Waals surface area contributed by atoms with Crippen LogP contribution in [0.15, 0.2) is 41.4 Å². The molecule has 0 saturated heterocycles. The molecule has 0 N–H and O–H groups in total. The van der Waals surface area contributed by atoms with Crippen molar-refractivity contribution in [3.8, 4) is 0 Å². The van der Waals surface area contributed by atoms with Crippen molar-refractivity contribution in [2.45, 2.75) is 13.8 Å². The smallest absolute Gasteiger partial charge is 0.262 e. The Morgan fingerprint density at radius 2 is 1.79 bits per heavy atom. The predicted molar refractivity (Wildman–Crippen MR) is 82.9 cm³/mol. The molecule has 0 saturated carbocycles. The Bertz CT molecular complexity index is 743. The molecule has 0 fully saturated rings. The first-order valence-corrected chi connectivity index (χ1v) is 7.01. The lowest BCUT2D eigenvalue weighted by Gasteiger charge is -2.35. The maximum atomic E-state index is 14.2. The maximum Gasteiger partial charge on any atom is 0.262 e. The third-order valence-corrected chi connectivity index (χ3v) is 3.55. The summed E-state index contributed by atoms with van der Waals surface area (Å²) in [5, 5.41) is 0. The zero-order valence-corrected chi connectivity index (χ0v) is 13.1. The monoisotopic (exact) mass is 341 g/mol. The number of carbonyl (C=O) groups is 1. The number of amides is 1. The highest BCUT2D eigenvalue weighted by Gasteiger charge is 2.34. The van der Waals surface area contributed by atoms with Gasteiger partial charge in [-0.2, -0.15) is 4.39 Å². The van der Waals surface area contributed by atoms with E-state index in [1.165, 1.54) is 17.2 Å². The largest absolute Gasteiger partial charge is 0.284 e. The average molecular weight is 341 g/mol. The van der Waals surface area contributed by atoms with Gasteiger partial charge in [0.2, 0.25) is 18.8 Å². The summed E-state index contributed by atoms with van der Waals surface area (Å²) < 4.78 is 47.3. The number of hydrogen-bond acceptors (Lipinski definition) is 3. The van der Waals surface area contributed by atoms with E-state index in [1.807, 2.05) is 6.92 Å². The van der Waals surface area contributed by atoms with E-state index >= 15 is 0 Å². The number of nitrogens with zero attached hydrogens (tertiary/aromatic N) is 3. The zero-order chi connectivity index (χ0) is 17.9. The lowest BCUT2D eigenvalue weighted by Crippen LogP contribution is -2.51. The van der Waals surface area contributed by atoms with E-state index in [0.717, 1.165) is 22.1 Å². The van der Waals surface area contributed by atoms with Gasteiger partial charge in [0.05, 0.1) is 11.8 Å². The quantitative estimate of drug-likeness (QED) is 0.577. The van der Waals surface area contributed by atoms with Crippen molar-refractivity contribution in [3.63, 3.8) is 0 Å². The SMILES string of the molecule is Cc1cc(F)c(N2C(=O)C=C(F)N3CC=CN=C32)cc1C.FCF. The molecule has 0 aliphatic carbocycles. The van der Waals surface area contributed by atoms with E-state index in [0.29, 0.717) is 0 Å². The number of halogens is 4. The normalized spacial score (nSPS) is 16.2. The first kappa shape index (κ1) is 17.7. The fourth-order valence-corrected chi connectivity index (χ4v) is 2.29. The topological polar surface area (TPSA) is 35.9 Å². The minimum absolute atomic E-state index is 0.0738. The number of guanidine groups is 1. The molecule has 0 bridgehead atoms. The fourth-order valence-electron chi connectivity index (χ4n) is 2.29. The van der Waals surface area contributed by atoms with E-state index in [2.05, 4.69) is 4.99 Å². The van der Waals surface area contributed by atoms with Gasteiger partial charge in [-0.05, 0) is 43.2 Å². The summed E-state index contributed by atoms with van der Waals surface area (Å²) in [7, 11) is 0. The van der Waals surface area contributed by atoms with Crippen LogP contribution in [0.25, 0.3) is 0 Å². The molecule has 0 atom stereocenters. The summed E-state index contributed by atoms with van der Waals surface area (Å²) in [6.45, 7) is 2.10. The fraction of sp³-hybridized carbons (Fsp3) is 0.250. The number of anilines is 1. The summed E-state index contributed by atoms with van der Waals surface area (Å²) in [6.07, 6.45) is 3.97. The van der Waals surface area contributed by atoms with Crippen LogP contribution in [0, 0.1) is 19.7 Å².